The molecule has 1 atom stereocenters. The van der Waals surface area contributed by atoms with Crippen molar-refractivity contribution in [2.75, 3.05) is 0 Å². The first-order valence-corrected chi connectivity index (χ1v) is 6.43. The fraction of sp³-hybridized carbons (Fsp3) is 0.462. The molecule has 0 radical (unpaired) electrons. The van der Waals surface area contributed by atoms with Crippen molar-refractivity contribution >= 4 is 15.9 Å². The minimum absolute atomic E-state index is 0.395. The maximum Gasteiger partial charge on any atom is 0.123 e. The minimum atomic E-state index is -0.930. The normalized spacial score (nSPS) is 19.9. The summed E-state index contributed by atoms with van der Waals surface area (Å²) in [6.45, 7) is 0. The highest BCUT2D eigenvalue weighted by Gasteiger charge is 2.42. The zero-order chi connectivity index (χ0) is 12.5. The molecule has 90 valence electrons. The van der Waals surface area contributed by atoms with Gasteiger partial charge in [0, 0.05) is 4.47 Å². The lowest BCUT2D eigenvalue weighted by Crippen LogP contribution is -2.24. The van der Waals surface area contributed by atoms with Gasteiger partial charge in [-0.25, -0.2) is 4.39 Å². The lowest BCUT2D eigenvalue weighted by molar-refractivity contribution is 0.0662. The highest BCUT2D eigenvalue weighted by atomic mass is 79.9. The lowest BCUT2D eigenvalue weighted by atomic mass is 9.79. The molecule has 2 rings (SSSR count). The summed E-state index contributed by atoms with van der Waals surface area (Å²) >= 11 is 3.30. The van der Waals surface area contributed by atoms with E-state index in [1.165, 1.54) is 12.1 Å². The summed E-state index contributed by atoms with van der Waals surface area (Å²) in [5, 5.41) is 19.6. The smallest absolute Gasteiger partial charge is 0.123 e. The third-order valence-corrected chi connectivity index (χ3v) is 4.22. The zero-order valence-electron chi connectivity index (χ0n) is 9.29. The van der Waals surface area contributed by atoms with E-state index in [4.69, 9.17) is 0 Å². The molecule has 0 aliphatic heterocycles. The van der Waals surface area contributed by atoms with Gasteiger partial charge in [-0.05, 0) is 36.6 Å². The van der Waals surface area contributed by atoms with E-state index in [-0.39, 0.29) is 0 Å². The summed E-state index contributed by atoms with van der Waals surface area (Å²) in [6.07, 6.45) is 2.30. The van der Waals surface area contributed by atoms with Crippen molar-refractivity contribution in [3.63, 3.8) is 0 Å². The summed E-state index contributed by atoms with van der Waals surface area (Å²) in [5.41, 5.74) is -0.287. The maximum absolute atomic E-state index is 13.2. The van der Waals surface area contributed by atoms with E-state index in [1.54, 1.807) is 6.07 Å². The van der Waals surface area contributed by atoms with Crippen LogP contribution in [0.2, 0.25) is 0 Å². The van der Waals surface area contributed by atoms with Crippen molar-refractivity contribution in [3.05, 3.63) is 34.1 Å². The second kappa shape index (κ2) is 4.75. The summed E-state index contributed by atoms with van der Waals surface area (Å²) in [5.74, 6) is -0.395. The molecule has 0 bridgehead atoms. The largest absolute Gasteiger partial charge is 0.387 e. The molecule has 2 nitrogen and oxygen atoms in total. The van der Waals surface area contributed by atoms with Gasteiger partial charge in [-0.2, -0.15) is 5.26 Å². The standard InChI is InChI=1S/C13H13BrFNO/c14-11-4-3-9(15)7-10(11)12(17)13(8-16)5-1-2-6-13/h3-4,7,12,17H,1-2,5-6H2. The van der Waals surface area contributed by atoms with Crippen LogP contribution in [-0.2, 0) is 0 Å². The van der Waals surface area contributed by atoms with Gasteiger partial charge in [0.05, 0.1) is 17.6 Å². The molecule has 0 saturated heterocycles. The van der Waals surface area contributed by atoms with Crippen LogP contribution < -0.4 is 0 Å². The quantitative estimate of drug-likeness (QED) is 0.904. The second-order valence-electron chi connectivity index (χ2n) is 4.54. The van der Waals surface area contributed by atoms with Gasteiger partial charge in [-0.15, -0.1) is 0 Å². The van der Waals surface area contributed by atoms with Crippen molar-refractivity contribution in [1.82, 2.24) is 0 Å². The molecule has 0 amide bonds. The van der Waals surface area contributed by atoms with Crippen molar-refractivity contribution in [1.29, 1.82) is 5.26 Å². The van der Waals surface area contributed by atoms with E-state index in [0.29, 0.717) is 22.9 Å². The monoisotopic (exact) mass is 297 g/mol. The number of rotatable bonds is 2. The van der Waals surface area contributed by atoms with Gasteiger partial charge < -0.3 is 5.11 Å². The van der Waals surface area contributed by atoms with Crippen molar-refractivity contribution in [2.45, 2.75) is 31.8 Å². The SMILES string of the molecule is N#CC1(C(O)c2cc(F)ccc2Br)CCCC1. The van der Waals surface area contributed by atoms with Crippen LogP contribution in [0, 0.1) is 22.6 Å². The lowest BCUT2D eigenvalue weighted by Gasteiger charge is -2.27. The molecule has 0 heterocycles. The molecular weight excluding hydrogens is 285 g/mol. The number of hydrogen-bond donors (Lipinski definition) is 1. The first-order chi connectivity index (χ1) is 8.09. The Morgan fingerprint density at radius 3 is 2.65 bits per heavy atom. The van der Waals surface area contributed by atoms with Gasteiger partial charge in [0.25, 0.3) is 0 Å². The Hall–Kier alpha value is -0.920. The number of hydrogen-bond acceptors (Lipinski definition) is 2. The third-order valence-electron chi connectivity index (χ3n) is 3.49. The van der Waals surface area contributed by atoms with Crippen LogP contribution in [0.3, 0.4) is 0 Å². The van der Waals surface area contributed by atoms with E-state index in [1.807, 2.05) is 0 Å². The Balaban J connectivity index is 2.39. The number of nitriles is 1. The van der Waals surface area contributed by atoms with E-state index in [2.05, 4.69) is 22.0 Å². The topological polar surface area (TPSA) is 44.0 Å². The Morgan fingerprint density at radius 2 is 2.06 bits per heavy atom. The molecule has 17 heavy (non-hydrogen) atoms. The van der Waals surface area contributed by atoms with Gasteiger partial charge in [0.1, 0.15) is 5.82 Å². The fourth-order valence-electron chi connectivity index (χ4n) is 2.47. The molecule has 4 heteroatoms. The van der Waals surface area contributed by atoms with Crippen molar-refractivity contribution < 1.29 is 9.50 Å². The van der Waals surface area contributed by atoms with Crippen molar-refractivity contribution in [3.8, 4) is 6.07 Å². The fourth-order valence-corrected chi connectivity index (χ4v) is 2.94. The summed E-state index contributed by atoms with van der Waals surface area (Å²) in [6, 6.07) is 6.42. The maximum atomic E-state index is 13.2. The summed E-state index contributed by atoms with van der Waals surface area (Å²) < 4.78 is 13.9. The highest BCUT2D eigenvalue weighted by Crippen LogP contribution is 2.48. The second-order valence-corrected chi connectivity index (χ2v) is 5.40. The van der Waals surface area contributed by atoms with Crippen LogP contribution >= 0.6 is 15.9 Å². The predicted molar refractivity (Wildman–Crippen MR) is 65.6 cm³/mol. The van der Waals surface area contributed by atoms with E-state index < -0.39 is 17.3 Å². The molecule has 0 spiro atoms. The highest BCUT2D eigenvalue weighted by molar-refractivity contribution is 9.10. The number of aliphatic hydroxyl groups excluding tert-OH is 1. The van der Waals surface area contributed by atoms with E-state index >= 15 is 0 Å². The Bertz CT molecular complexity index is 463. The zero-order valence-corrected chi connectivity index (χ0v) is 10.9. The Labute approximate surface area is 108 Å². The van der Waals surface area contributed by atoms with Crippen LogP contribution in [0.5, 0.6) is 0 Å². The average molecular weight is 298 g/mol. The van der Waals surface area contributed by atoms with Gasteiger partial charge in [0.15, 0.2) is 0 Å². The molecule has 1 aliphatic rings. The first-order valence-electron chi connectivity index (χ1n) is 5.63. The van der Waals surface area contributed by atoms with Crippen LogP contribution in [0.15, 0.2) is 22.7 Å². The average Bonchev–Trinajstić information content (AvgIpc) is 2.81. The van der Waals surface area contributed by atoms with Crippen LogP contribution in [-0.4, -0.2) is 5.11 Å². The van der Waals surface area contributed by atoms with Crippen LogP contribution in [0.1, 0.15) is 37.4 Å². The van der Waals surface area contributed by atoms with Crippen LogP contribution in [0.25, 0.3) is 0 Å². The number of benzene rings is 1. The molecule has 1 N–H and O–H groups in total. The third kappa shape index (κ3) is 2.22. The van der Waals surface area contributed by atoms with Gasteiger partial charge >= 0.3 is 0 Å². The molecule has 1 fully saturated rings. The molecule has 0 aromatic heterocycles. The molecule has 1 saturated carbocycles. The van der Waals surface area contributed by atoms with E-state index in [9.17, 15) is 14.8 Å². The number of aliphatic hydroxyl groups is 1. The predicted octanol–water partition coefficient (Wildman–Crippen LogP) is 3.71. The number of halogens is 2. The van der Waals surface area contributed by atoms with Gasteiger partial charge in [-0.3, -0.25) is 0 Å². The number of nitrogens with zero attached hydrogens (tertiary/aromatic N) is 1. The minimum Gasteiger partial charge on any atom is -0.387 e. The van der Waals surface area contributed by atoms with E-state index in [0.717, 1.165) is 12.8 Å². The first kappa shape index (κ1) is 12.5. The van der Waals surface area contributed by atoms with Gasteiger partial charge in [-0.1, -0.05) is 28.8 Å². The van der Waals surface area contributed by atoms with Crippen molar-refractivity contribution in [2.24, 2.45) is 5.41 Å². The molecular formula is C13H13BrFNO. The molecule has 1 aromatic carbocycles. The Morgan fingerprint density at radius 1 is 1.41 bits per heavy atom. The van der Waals surface area contributed by atoms with Gasteiger partial charge in [0.2, 0.25) is 0 Å². The Kier molecular flexibility index (Phi) is 3.50. The molecule has 1 aromatic rings. The summed E-state index contributed by atoms with van der Waals surface area (Å²) in [7, 11) is 0. The molecule has 1 unspecified atom stereocenters. The molecule has 1 aliphatic carbocycles. The van der Waals surface area contributed by atoms with Crippen LogP contribution in [0.4, 0.5) is 4.39 Å². The summed E-state index contributed by atoms with van der Waals surface area (Å²) in [4.78, 5) is 0.